The third-order valence-electron chi connectivity index (χ3n) is 4.17. The van der Waals surface area contributed by atoms with Gasteiger partial charge in [0.1, 0.15) is 11.5 Å². The number of benzene rings is 1. The van der Waals surface area contributed by atoms with E-state index in [1.165, 1.54) is 11.3 Å². The molecule has 3 aromatic rings. The van der Waals surface area contributed by atoms with Crippen molar-refractivity contribution in [2.75, 3.05) is 18.0 Å². The molecular weight excluding hydrogens is 342 g/mol. The van der Waals surface area contributed by atoms with Gasteiger partial charge in [-0.25, -0.2) is 4.98 Å². The highest BCUT2D eigenvalue weighted by molar-refractivity contribution is 7.13. The third kappa shape index (κ3) is 3.34. The van der Waals surface area contributed by atoms with Gasteiger partial charge in [-0.2, -0.15) is 0 Å². The quantitative estimate of drug-likeness (QED) is 0.757. The van der Waals surface area contributed by atoms with E-state index in [0.29, 0.717) is 0 Å². The minimum atomic E-state index is 0. The number of hydrogen-bond donors (Lipinski definition) is 1. The lowest BCUT2D eigenvalue weighted by Crippen LogP contribution is -2.28. The van der Waals surface area contributed by atoms with Crippen molar-refractivity contribution in [3.63, 3.8) is 0 Å². The maximum absolute atomic E-state index is 5.88. The Morgan fingerprint density at radius 2 is 2.12 bits per heavy atom. The number of thiophene rings is 1. The minimum absolute atomic E-state index is 0. The van der Waals surface area contributed by atoms with Gasteiger partial charge < -0.3 is 14.6 Å². The van der Waals surface area contributed by atoms with Gasteiger partial charge in [-0.1, -0.05) is 24.3 Å². The third-order valence-corrected chi connectivity index (χ3v) is 5.03. The van der Waals surface area contributed by atoms with Gasteiger partial charge in [0.15, 0.2) is 0 Å². The van der Waals surface area contributed by atoms with E-state index in [2.05, 4.69) is 34.5 Å². The normalized spacial score (nSPS) is 14.0. The summed E-state index contributed by atoms with van der Waals surface area (Å²) in [4.78, 5) is 8.20. The maximum Gasteiger partial charge on any atom is 0.236 e. The number of aryl methyl sites for hydroxylation is 1. The minimum Gasteiger partial charge on any atom is -0.440 e. The number of halogens is 1. The van der Waals surface area contributed by atoms with Crippen LogP contribution >= 0.6 is 23.7 Å². The Balaban J connectivity index is 0.00000169. The maximum atomic E-state index is 5.88. The van der Waals surface area contributed by atoms with Crippen LogP contribution in [0.4, 0.5) is 5.69 Å². The van der Waals surface area contributed by atoms with Crippen LogP contribution < -0.4 is 10.2 Å². The zero-order valence-corrected chi connectivity index (χ0v) is 15.1. The fourth-order valence-electron chi connectivity index (χ4n) is 2.95. The van der Waals surface area contributed by atoms with E-state index in [0.717, 1.165) is 48.4 Å². The number of aromatic nitrogens is 1. The molecule has 0 saturated heterocycles. The predicted molar refractivity (Wildman–Crippen MR) is 101 cm³/mol. The number of rotatable bonds is 3. The molecule has 0 atom stereocenters. The topological polar surface area (TPSA) is 41.3 Å². The van der Waals surface area contributed by atoms with E-state index in [1.807, 2.05) is 24.4 Å². The Hall–Kier alpha value is -1.82. The molecule has 4 rings (SSSR count). The lowest BCUT2D eigenvalue weighted by Gasteiger charge is -2.23. The molecule has 2 aromatic heterocycles. The van der Waals surface area contributed by atoms with E-state index in [-0.39, 0.29) is 12.4 Å². The Bertz CT molecular complexity index is 800. The molecule has 24 heavy (non-hydrogen) atoms. The Kier molecular flexibility index (Phi) is 5.23. The largest absolute Gasteiger partial charge is 0.440 e. The Morgan fingerprint density at radius 3 is 2.96 bits per heavy atom. The highest BCUT2D eigenvalue weighted by Crippen LogP contribution is 2.28. The molecule has 0 amide bonds. The van der Waals surface area contributed by atoms with Crippen molar-refractivity contribution < 1.29 is 4.42 Å². The SMILES string of the molecule is Cc1oc(-c2cccs2)nc1CN1CCNCc2ccccc21.Cl. The molecular formula is C18H20ClN3OS. The van der Waals surface area contributed by atoms with Crippen molar-refractivity contribution in [2.24, 2.45) is 0 Å². The zero-order chi connectivity index (χ0) is 15.6. The first-order valence-electron chi connectivity index (χ1n) is 7.85. The van der Waals surface area contributed by atoms with E-state index in [1.54, 1.807) is 11.3 Å². The molecule has 126 valence electrons. The van der Waals surface area contributed by atoms with E-state index < -0.39 is 0 Å². The molecule has 1 aliphatic rings. The number of oxazole rings is 1. The van der Waals surface area contributed by atoms with Crippen LogP contribution in [0, 0.1) is 6.92 Å². The van der Waals surface area contributed by atoms with Crippen LogP contribution in [0.15, 0.2) is 46.2 Å². The highest BCUT2D eigenvalue weighted by Gasteiger charge is 2.19. The van der Waals surface area contributed by atoms with Gasteiger partial charge in [-0.15, -0.1) is 23.7 Å². The second-order valence-electron chi connectivity index (χ2n) is 5.73. The van der Waals surface area contributed by atoms with Crippen molar-refractivity contribution in [2.45, 2.75) is 20.0 Å². The van der Waals surface area contributed by atoms with Crippen LogP contribution in [0.3, 0.4) is 0 Å². The first-order chi connectivity index (χ1) is 11.3. The number of nitrogens with one attached hydrogen (secondary N) is 1. The van der Waals surface area contributed by atoms with Gasteiger partial charge in [-0.05, 0) is 30.0 Å². The van der Waals surface area contributed by atoms with Crippen LogP contribution in [-0.2, 0) is 13.1 Å². The van der Waals surface area contributed by atoms with Crippen molar-refractivity contribution in [3.05, 3.63) is 58.8 Å². The van der Waals surface area contributed by atoms with Crippen LogP contribution in [0.25, 0.3) is 10.8 Å². The summed E-state index contributed by atoms with van der Waals surface area (Å²) in [6, 6.07) is 12.6. The molecule has 3 heterocycles. The zero-order valence-electron chi connectivity index (χ0n) is 13.5. The van der Waals surface area contributed by atoms with Crippen LogP contribution in [0.5, 0.6) is 0 Å². The van der Waals surface area contributed by atoms with Crippen LogP contribution in [-0.4, -0.2) is 18.1 Å². The van der Waals surface area contributed by atoms with Crippen molar-refractivity contribution in [1.82, 2.24) is 10.3 Å². The molecule has 0 radical (unpaired) electrons. The monoisotopic (exact) mass is 361 g/mol. The van der Waals surface area contributed by atoms with Gasteiger partial charge >= 0.3 is 0 Å². The summed E-state index contributed by atoms with van der Waals surface area (Å²) in [5, 5.41) is 5.52. The van der Waals surface area contributed by atoms with Crippen molar-refractivity contribution >= 4 is 29.4 Å². The molecule has 0 unspecified atom stereocenters. The van der Waals surface area contributed by atoms with Crippen LogP contribution in [0.2, 0.25) is 0 Å². The summed E-state index contributed by atoms with van der Waals surface area (Å²) in [6.45, 7) is 5.65. The number of nitrogens with zero attached hydrogens (tertiary/aromatic N) is 2. The molecule has 0 spiro atoms. The van der Waals surface area contributed by atoms with E-state index >= 15 is 0 Å². The van der Waals surface area contributed by atoms with Gasteiger partial charge in [-0.3, -0.25) is 0 Å². The average Bonchev–Trinajstić information content (AvgIpc) is 3.16. The first-order valence-corrected chi connectivity index (χ1v) is 8.73. The molecule has 0 bridgehead atoms. The first kappa shape index (κ1) is 17.0. The second kappa shape index (κ2) is 7.38. The number of hydrogen-bond acceptors (Lipinski definition) is 5. The molecule has 1 N–H and O–H groups in total. The Labute approximate surface area is 151 Å². The predicted octanol–water partition coefficient (Wildman–Crippen LogP) is 4.24. The number of fused-ring (bicyclic) bond motifs is 1. The van der Waals surface area contributed by atoms with Crippen molar-refractivity contribution in [3.8, 4) is 10.8 Å². The number of anilines is 1. The van der Waals surface area contributed by atoms with Crippen molar-refractivity contribution in [1.29, 1.82) is 0 Å². The molecule has 0 fully saturated rings. The summed E-state index contributed by atoms with van der Waals surface area (Å²) in [5.41, 5.74) is 3.65. The summed E-state index contributed by atoms with van der Waals surface area (Å²) >= 11 is 1.66. The summed E-state index contributed by atoms with van der Waals surface area (Å²) in [7, 11) is 0. The van der Waals surface area contributed by atoms with Gasteiger partial charge in [0, 0.05) is 25.3 Å². The molecule has 1 aliphatic heterocycles. The fourth-order valence-corrected chi connectivity index (χ4v) is 3.60. The van der Waals surface area contributed by atoms with Gasteiger partial charge in [0.05, 0.1) is 11.4 Å². The lowest BCUT2D eigenvalue weighted by atomic mass is 10.1. The summed E-state index contributed by atoms with van der Waals surface area (Å²) in [6.07, 6.45) is 0. The summed E-state index contributed by atoms with van der Waals surface area (Å²) in [5.74, 6) is 1.64. The smallest absolute Gasteiger partial charge is 0.236 e. The van der Waals surface area contributed by atoms with E-state index in [4.69, 9.17) is 9.40 Å². The molecule has 6 heteroatoms. The lowest BCUT2D eigenvalue weighted by molar-refractivity contribution is 0.540. The van der Waals surface area contributed by atoms with E-state index in [9.17, 15) is 0 Å². The second-order valence-corrected chi connectivity index (χ2v) is 6.67. The molecule has 0 aliphatic carbocycles. The average molecular weight is 362 g/mol. The summed E-state index contributed by atoms with van der Waals surface area (Å²) < 4.78 is 5.88. The molecule has 0 saturated carbocycles. The molecule has 1 aromatic carbocycles. The number of para-hydroxylation sites is 1. The fraction of sp³-hybridized carbons (Fsp3) is 0.278. The molecule has 4 nitrogen and oxygen atoms in total. The van der Waals surface area contributed by atoms with Crippen LogP contribution in [0.1, 0.15) is 17.0 Å². The standard InChI is InChI=1S/C18H19N3OS.ClH/c1-13-15(20-18(22-13)17-7-4-10-23-17)12-21-9-8-19-11-14-5-2-3-6-16(14)21;/h2-7,10,19H,8-9,11-12H2,1H3;1H. The highest BCUT2D eigenvalue weighted by atomic mass is 35.5. The Morgan fingerprint density at radius 1 is 1.25 bits per heavy atom. The van der Waals surface area contributed by atoms with Gasteiger partial charge in [0.2, 0.25) is 5.89 Å². The van der Waals surface area contributed by atoms with Gasteiger partial charge in [0.25, 0.3) is 0 Å².